The van der Waals surface area contributed by atoms with Crippen molar-refractivity contribution in [3.63, 3.8) is 0 Å². The smallest absolute Gasteiger partial charge is 0.319 e. The highest BCUT2D eigenvalue weighted by atomic mass is 35.5. The summed E-state index contributed by atoms with van der Waals surface area (Å²) in [5.41, 5.74) is -0.472. The van der Waals surface area contributed by atoms with Gasteiger partial charge < -0.3 is 4.90 Å². The van der Waals surface area contributed by atoms with Gasteiger partial charge >= 0.3 is 5.69 Å². The lowest BCUT2D eigenvalue weighted by molar-refractivity contribution is -0.385. The van der Waals surface area contributed by atoms with Gasteiger partial charge in [-0.3, -0.25) is 14.9 Å². The van der Waals surface area contributed by atoms with Gasteiger partial charge in [-0.15, -0.1) is 0 Å². The zero-order valence-corrected chi connectivity index (χ0v) is 11.8. The van der Waals surface area contributed by atoms with E-state index in [2.05, 4.69) is 4.98 Å². The van der Waals surface area contributed by atoms with E-state index in [0.717, 1.165) is 12.8 Å². The number of hydrogen-bond donors (Lipinski definition) is 0. The lowest BCUT2D eigenvalue weighted by Gasteiger charge is -2.24. The van der Waals surface area contributed by atoms with Crippen molar-refractivity contribution in [2.75, 3.05) is 7.05 Å². The van der Waals surface area contributed by atoms with E-state index >= 15 is 0 Å². The lowest BCUT2D eigenvalue weighted by atomic mass is 10.1. The standard InChI is InChI=1S/C12H16ClN3O3/c1-4-5-8(2)15(3)12(17)9-6-7-14-11(13)10(9)16(18)19/h6-8H,4-5H2,1-3H3. The molecule has 7 heteroatoms. The van der Waals surface area contributed by atoms with Crippen LogP contribution in [0.25, 0.3) is 0 Å². The first-order valence-corrected chi connectivity index (χ1v) is 6.34. The molecular formula is C12H16ClN3O3. The summed E-state index contributed by atoms with van der Waals surface area (Å²) in [7, 11) is 1.63. The Balaban J connectivity index is 3.13. The van der Waals surface area contributed by atoms with Gasteiger partial charge in [0, 0.05) is 19.3 Å². The Morgan fingerprint density at radius 2 is 2.26 bits per heavy atom. The third kappa shape index (κ3) is 3.41. The summed E-state index contributed by atoms with van der Waals surface area (Å²) in [6.07, 6.45) is 3.05. The first-order chi connectivity index (χ1) is 8.90. The lowest BCUT2D eigenvalue weighted by Crippen LogP contribution is -2.35. The van der Waals surface area contributed by atoms with Crippen LogP contribution < -0.4 is 0 Å². The van der Waals surface area contributed by atoms with E-state index < -0.39 is 16.5 Å². The average Bonchev–Trinajstić information content (AvgIpc) is 2.36. The predicted molar refractivity (Wildman–Crippen MR) is 72.4 cm³/mol. The van der Waals surface area contributed by atoms with Crippen LogP contribution in [0.3, 0.4) is 0 Å². The molecule has 1 aromatic rings. The summed E-state index contributed by atoms with van der Waals surface area (Å²) in [4.78, 5) is 27.7. The molecular weight excluding hydrogens is 270 g/mol. The highest BCUT2D eigenvalue weighted by Crippen LogP contribution is 2.27. The molecule has 1 heterocycles. The second kappa shape index (κ2) is 6.47. The van der Waals surface area contributed by atoms with Crippen molar-refractivity contribution in [3.05, 3.63) is 33.1 Å². The van der Waals surface area contributed by atoms with E-state index in [1.165, 1.54) is 17.2 Å². The molecule has 19 heavy (non-hydrogen) atoms. The van der Waals surface area contributed by atoms with Gasteiger partial charge in [0.1, 0.15) is 5.56 Å². The Labute approximate surface area is 116 Å². The summed E-state index contributed by atoms with van der Waals surface area (Å²) in [5, 5.41) is 10.7. The van der Waals surface area contributed by atoms with Gasteiger partial charge in [0.05, 0.1) is 4.92 Å². The minimum Gasteiger partial charge on any atom is -0.339 e. The average molecular weight is 286 g/mol. The molecule has 0 bridgehead atoms. The fourth-order valence-electron chi connectivity index (χ4n) is 1.78. The van der Waals surface area contributed by atoms with Crippen LogP contribution in [-0.4, -0.2) is 33.8 Å². The van der Waals surface area contributed by atoms with Gasteiger partial charge in [0.15, 0.2) is 0 Å². The Kier molecular flexibility index (Phi) is 5.23. The zero-order valence-electron chi connectivity index (χ0n) is 11.1. The molecule has 1 amide bonds. The largest absolute Gasteiger partial charge is 0.339 e. The molecule has 1 unspecified atom stereocenters. The first-order valence-electron chi connectivity index (χ1n) is 5.96. The molecule has 1 aromatic heterocycles. The number of rotatable bonds is 5. The first kappa shape index (κ1) is 15.4. The third-order valence-corrected chi connectivity index (χ3v) is 3.26. The highest BCUT2D eigenvalue weighted by molar-refractivity contribution is 6.32. The van der Waals surface area contributed by atoms with Gasteiger partial charge in [0.2, 0.25) is 5.15 Å². The van der Waals surface area contributed by atoms with Crippen molar-refractivity contribution in [1.82, 2.24) is 9.88 Å². The van der Waals surface area contributed by atoms with Crippen LogP contribution in [0.5, 0.6) is 0 Å². The van der Waals surface area contributed by atoms with Crippen molar-refractivity contribution in [2.24, 2.45) is 0 Å². The van der Waals surface area contributed by atoms with Crippen molar-refractivity contribution < 1.29 is 9.72 Å². The zero-order chi connectivity index (χ0) is 14.6. The molecule has 0 radical (unpaired) electrons. The van der Waals surface area contributed by atoms with Crippen LogP contribution in [0.2, 0.25) is 5.15 Å². The molecule has 104 valence electrons. The molecule has 0 N–H and O–H groups in total. The number of halogens is 1. The number of carbonyl (C=O) groups is 1. The number of aromatic nitrogens is 1. The maximum atomic E-state index is 12.3. The molecule has 0 saturated carbocycles. The van der Waals surface area contributed by atoms with Crippen LogP contribution in [0.15, 0.2) is 12.3 Å². The minimum atomic E-state index is -0.680. The Hall–Kier alpha value is -1.69. The molecule has 6 nitrogen and oxygen atoms in total. The molecule has 0 aliphatic rings. The molecule has 0 aliphatic heterocycles. The third-order valence-electron chi connectivity index (χ3n) is 2.98. The minimum absolute atomic E-state index is 0.00375. The van der Waals surface area contributed by atoms with E-state index in [0.29, 0.717) is 0 Å². The van der Waals surface area contributed by atoms with E-state index in [4.69, 9.17) is 11.6 Å². The summed E-state index contributed by atoms with van der Waals surface area (Å²) in [5.74, 6) is -0.419. The summed E-state index contributed by atoms with van der Waals surface area (Å²) in [6.45, 7) is 3.91. The van der Waals surface area contributed by atoms with E-state index in [9.17, 15) is 14.9 Å². The van der Waals surface area contributed by atoms with Crippen molar-refractivity contribution in [2.45, 2.75) is 32.7 Å². The van der Waals surface area contributed by atoms with Crippen LogP contribution in [0.4, 0.5) is 5.69 Å². The van der Waals surface area contributed by atoms with Crippen molar-refractivity contribution >= 4 is 23.2 Å². The van der Waals surface area contributed by atoms with Crippen molar-refractivity contribution in [3.8, 4) is 0 Å². The van der Waals surface area contributed by atoms with Crippen LogP contribution >= 0.6 is 11.6 Å². The fraction of sp³-hybridized carbons (Fsp3) is 0.500. The highest BCUT2D eigenvalue weighted by Gasteiger charge is 2.28. The van der Waals surface area contributed by atoms with Crippen LogP contribution in [0.1, 0.15) is 37.0 Å². The Bertz CT molecular complexity index is 493. The molecule has 0 fully saturated rings. The number of nitrogens with zero attached hydrogens (tertiary/aromatic N) is 3. The monoisotopic (exact) mass is 285 g/mol. The van der Waals surface area contributed by atoms with E-state index in [1.54, 1.807) is 7.05 Å². The fourth-order valence-corrected chi connectivity index (χ4v) is 2.00. The number of nitro groups is 1. The number of pyridine rings is 1. The molecule has 0 aromatic carbocycles. The maximum absolute atomic E-state index is 12.3. The van der Waals surface area contributed by atoms with Gasteiger partial charge in [-0.05, 0) is 19.4 Å². The molecule has 0 aliphatic carbocycles. The van der Waals surface area contributed by atoms with Crippen LogP contribution in [0, 0.1) is 10.1 Å². The van der Waals surface area contributed by atoms with Crippen molar-refractivity contribution in [1.29, 1.82) is 0 Å². The summed E-state index contributed by atoms with van der Waals surface area (Å²) < 4.78 is 0. The number of amides is 1. The van der Waals surface area contributed by atoms with Gasteiger partial charge in [-0.2, -0.15) is 0 Å². The quantitative estimate of drug-likeness (QED) is 0.473. The molecule has 1 rings (SSSR count). The Morgan fingerprint density at radius 3 is 2.79 bits per heavy atom. The van der Waals surface area contributed by atoms with Gasteiger partial charge in [-0.1, -0.05) is 24.9 Å². The SMILES string of the molecule is CCCC(C)N(C)C(=O)c1ccnc(Cl)c1[N+](=O)[O-]. The number of carbonyl (C=O) groups excluding carboxylic acids is 1. The molecule has 0 saturated heterocycles. The second-order valence-corrected chi connectivity index (χ2v) is 4.67. The summed E-state index contributed by atoms with van der Waals surface area (Å²) >= 11 is 5.69. The normalized spacial score (nSPS) is 12.0. The van der Waals surface area contributed by atoms with Gasteiger partial charge in [0.25, 0.3) is 5.91 Å². The topological polar surface area (TPSA) is 76.3 Å². The second-order valence-electron chi connectivity index (χ2n) is 4.31. The van der Waals surface area contributed by atoms with E-state index in [1.807, 2.05) is 13.8 Å². The molecule has 0 spiro atoms. The van der Waals surface area contributed by atoms with E-state index in [-0.39, 0.29) is 16.8 Å². The van der Waals surface area contributed by atoms with Crippen LogP contribution in [-0.2, 0) is 0 Å². The Morgan fingerprint density at radius 1 is 1.63 bits per heavy atom. The van der Waals surface area contributed by atoms with Gasteiger partial charge in [-0.25, -0.2) is 4.98 Å². The number of hydrogen-bond acceptors (Lipinski definition) is 4. The maximum Gasteiger partial charge on any atom is 0.319 e. The predicted octanol–water partition coefficient (Wildman–Crippen LogP) is 2.90. The summed E-state index contributed by atoms with van der Waals surface area (Å²) in [6, 6.07) is 1.32. The molecule has 1 atom stereocenters.